The van der Waals surface area contributed by atoms with E-state index in [0.717, 1.165) is 0 Å². The molecule has 1 saturated heterocycles. The number of ether oxygens (including phenoxy) is 1. The lowest BCUT2D eigenvalue weighted by atomic mass is 9.80. The van der Waals surface area contributed by atoms with Gasteiger partial charge in [0.15, 0.2) is 0 Å². The predicted molar refractivity (Wildman–Crippen MR) is 81.9 cm³/mol. The molecule has 1 aromatic carbocycles. The SMILES string of the molecule is Cc1cc(F)ccc1[C@@]1(O)CCNC[C@@H]1OC(=O)C(C)(C)C. The smallest absolute Gasteiger partial charge is 0.311 e. The maximum absolute atomic E-state index is 13.3. The first-order chi connectivity index (χ1) is 10.1. The van der Waals surface area contributed by atoms with Crippen molar-refractivity contribution in [3.8, 4) is 0 Å². The summed E-state index contributed by atoms with van der Waals surface area (Å²) in [5.41, 5.74) is -0.677. The number of carbonyl (C=O) groups is 1. The number of nitrogens with one attached hydrogen (secondary N) is 1. The third-order valence-electron chi connectivity index (χ3n) is 4.06. The van der Waals surface area contributed by atoms with E-state index in [2.05, 4.69) is 5.32 Å². The highest BCUT2D eigenvalue weighted by molar-refractivity contribution is 5.75. The van der Waals surface area contributed by atoms with Crippen molar-refractivity contribution < 1.29 is 19.0 Å². The number of aryl methyl sites for hydroxylation is 1. The maximum atomic E-state index is 13.3. The third kappa shape index (κ3) is 3.31. The highest BCUT2D eigenvalue weighted by Crippen LogP contribution is 2.36. The Morgan fingerprint density at radius 1 is 1.45 bits per heavy atom. The molecule has 1 aliphatic heterocycles. The molecule has 1 fully saturated rings. The molecule has 0 spiro atoms. The van der Waals surface area contributed by atoms with Gasteiger partial charge in [-0.3, -0.25) is 4.79 Å². The van der Waals surface area contributed by atoms with Crippen LogP contribution in [0.2, 0.25) is 0 Å². The summed E-state index contributed by atoms with van der Waals surface area (Å²) in [5, 5.41) is 14.3. The number of piperidine rings is 1. The standard InChI is InChI=1S/C17H24FNO3/c1-11-9-12(18)5-6-13(11)17(21)7-8-19-10-14(17)22-15(20)16(2,3)4/h5-6,9,14,19,21H,7-8,10H2,1-4H3/t14-,17-/m0/s1. The predicted octanol–water partition coefficient (Wildman–Crippen LogP) is 2.27. The fraction of sp³-hybridized carbons (Fsp3) is 0.588. The van der Waals surface area contributed by atoms with Crippen molar-refractivity contribution in [2.24, 2.45) is 5.41 Å². The molecule has 2 N–H and O–H groups in total. The van der Waals surface area contributed by atoms with Crippen LogP contribution in [0.5, 0.6) is 0 Å². The van der Waals surface area contributed by atoms with Crippen LogP contribution in [0.15, 0.2) is 18.2 Å². The zero-order valence-corrected chi connectivity index (χ0v) is 13.6. The first-order valence-electron chi connectivity index (χ1n) is 7.55. The van der Waals surface area contributed by atoms with Gasteiger partial charge in [0, 0.05) is 6.54 Å². The van der Waals surface area contributed by atoms with E-state index in [4.69, 9.17) is 4.74 Å². The zero-order chi connectivity index (χ0) is 16.5. The molecule has 0 saturated carbocycles. The lowest BCUT2D eigenvalue weighted by molar-refractivity contribution is -0.179. The molecule has 1 heterocycles. The van der Waals surface area contributed by atoms with E-state index in [1.807, 2.05) is 0 Å². The van der Waals surface area contributed by atoms with Crippen LogP contribution >= 0.6 is 0 Å². The highest BCUT2D eigenvalue weighted by Gasteiger charge is 2.45. The van der Waals surface area contributed by atoms with Crippen molar-refractivity contribution in [3.05, 3.63) is 35.1 Å². The second-order valence-corrected chi connectivity index (χ2v) is 6.98. The van der Waals surface area contributed by atoms with E-state index >= 15 is 0 Å². The van der Waals surface area contributed by atoms with Gasteiger partial charge in [-0.25, -0.2) is 4.39 Å². The zero-order valence-electron chi connectivity index (χ0n) is 13.6. The van der Waals surface area contributed by atoms with Gasteiger partial charge in [0.05, 0.1) is 5.41 Å². The monoisotopic (exact) mass is 309 g/mol. The first kappa shape index (κ1) is 16.9. The van der Waals surface area contributed by atoms with Crippen molar-refractivity contribution in [2.45, 2.75) is 45.8 Å². The Labute approximate surface area is 130 Å². The number of hydrogen-bond acceptors (Lipinski definition) is 4. The number of rotatable bonds is 2. The molecular formula is C17H24FNO3. The largest absolute Gasteiger partial charge is 0.457 e. The van der Waals surface area contributed by atoms with E-state index in [-0.39, 0.29) is 11.8 Å². The summed E-state index contributed by atoms with van der Waals surface area (Å²) in [6.07, 6.45) is -0.293. The molecule has 0 bridgehead atoms. The van der Waals surface area contributed by atoms with E-state index in [1.54, 1.807) is 33.8 Å². The van der Waals surface area contributed by atoms with Crippen LogP contribution in [0.3, 0.4) is 0 Å². The Kier molecular flexibility index (Phi) is 4.59. The summed E-state index contributed by atoms with van der Waals surface area (Å²) in [4.78, 5) is 12.2. The molecular weight excluding hydrogens is 285 g/mol. The van der Waals surface area contributed by atoms with Crippen molar-refractivity contribution in [1.29, 1.82) is 0 Å². The Morgan fingerprint density at radius 3 is 2.73 bits per heavy atom. The summed E-state index contributed by atoms with van der Waals surface area (Å²) in [7, 11) is 0. The van der Waals surface area contributed by atoms with Crippen LogP contribution < -0.4 is 5.32 Å². The van der Waals surface area contributed by atoms with Gasteiger partial charge in [0.2, 0.25) is 0 Å². The van der Waals surface area contributed by atoms with Crippen LogP contribution in [0.4, 0.5) is 4.39 Å². The number of esters is 1. The number of carbonyl (C=O) groups excluding carboxylic acids is 1. The Morgan fingerprint density at radius 2 is 2.14 bits per heavy atom. The summed E-state index contributed by atoms with van der Waals surface area (Å²) in [6, 6.07) is 4.29. The Bertz CT molecular complexity index is 568. The second-order valence-electron chi connectivity index (χ2n) is 6.98. The molecule has 2 atom stereocenters. The fourth-order valence-corrected chi connectivity index (χ4v) is 2.71. The van der Waals surface area contributed by atoms with Crippen molar-refractivity contribution in [1.82, 2.24) is 5.32 Å². The average molecular weight is 309 g/mol. The molecule has 1 aromatic rings. The van der Waals surface area contributed by atoms with Crippen LogP contribution in [0.1, 0.15) is 38.3 Å². The molecule has 0 unspecified atom stereocenters. The molecule has 22 heavy (non-hydrogen) atoms. The van der Waals surface area contributed by atoms with Crippen LogP contribution in [-0.4, -0.2) is 30.3 Å². The Hall–Kier alpha value is -1.46. The van der Waals surface area contributed by atoms with Gasteiger partial charge in [0.25, 0.3) is 0 Å². The molecule has 0 aliphatic carbocycles. The quantitative estimate of drug-likeness (QED) is 0.823. The van der Waals surface area contributed by atoms with Gasteiger partial charge in [-0.2, -0.15) is 0 Å². The summed E-state index contributed by atoms with van der Waals surface area (Å²) < 4.78 is 18.9. The molecule has 0 aromatic heterocycles. The van der Waals surface area contributed by atoms with Crippen LogP contribution in [-0.2, 0) is 15.1 Å². The van der Waals surface area contributed by atoms with Gasteiger partial charge < -0.3 is 15.2 Å². The van der Waals surface area contributed by atoms with Crippen molar-refractivity contribution >= 4 is 5.97 Å². The second kappa shape index (κ2) is 5.97. The van der Waals surface area contributed by atoms with Crippen molar-refractivity contribution in [3.63, 3.8) is 0 Å². The molecule has 4 nitrogen and oxygen atoms in total. The van der Waals surface area contributed by atoms with Gasteiger partial charge in [-0.05, 0) is 63.9 Å². The van der Waals surface area contributed by atoms with Crippen molar-refractivity contribution in [2.75, 3.05) is 13.1 Å². The summed E-state index contributed by atoms with van der Waals surface area (Å²) >= 11 is 0. The van der Waals surface area contributed by atoms with Gasteiger partial charge in [-0.1, -0.05) is 6.07 Å². The molecule has 0 amide bonds. The topological polar surface area (TPSA) is 58.6 Å². The number of halogens is 1. The number of aliphatic hydroxyl groups is 1. The summed E-state index contributed by atoms with van der Waals surface area (Å²) in [5.74, 6) is -0.707. The third-order valence-corrected chi connectivity index (χ3v) is 4.06. The number of hydrogen-bond donors (Lipinski definition) is 2. The van der Waals surface area contributed by atoms with Gasteiger partial charge in [-0.15, -0.1) is 0 Å². The lowest BCUT2D eigenvalue weighted by Gasteiger charge is -2.41. The minimum Gasteiger partial charge on any atom is -0.457 e. The molecule has 1 aliphatic rings. The highest BCUT2D eigenvalue weighted by atomic mass is 19.1. The number of benzene rings is 1. The minimum atomic E-state index is -1.30. The lowest BCUT2D eigenvalue weighted by Crippen LogP contribution is -2.54. The molecule has 0 radical (unpaired) electrons. The van der Waals surface area contributed by atoms with Crippen LogP contribution in [0.25, 0.3) is 0 Å². The first-order valence-corrected chi connectivity index (χ1v) is 7.55. The van der Waals surface area contributed by atoms with E-state index in [9.17, 15) is 14.3 Å². The maximum Gasteiger partial charge on any atom is 0.311 e. The summed E-state index contributed by atoms with van der Waals surface area (Å²) in [6.45, 7) is 8.04. The fourth-order valence-electron chi connectivity index (χ4n) is 2.71. The normalized spacial score (nSPS) is 25.8. The average Bonchev–Trinajstić information content (AvgIpc) is 2.40. The van der Waals surface area contributed by atoms with E-state index in [0.29, 0.717) is 30.6 Å². The van der Waals surface area contributed by atoms with Gasteiger partial charge >= 0.3 is 5.97 Å². The minimum absolute atomic E-state index is 0.345. The molecule has 5 heteroatoms. The van der Waals surface area contributed by atoms with Gasteiger partial charge in [0.1, 0.15) is 17.5 Å². The van der Waals surface area contributed by atoms with E-state index < -0.39 is 17.1 Å². The van der Waals surface area contributed by atoms with E-state index in [1.165, 1.54) is 12.1 Å². The molecule has 122 valence electrons. The molecule has 2 rings (SSSR count). The van der Waals surface area contributed by atoms with Crippen LogP contribution in [0, 0.1) is 18.2 Å². The Balaban J connectivity index is 2.33.